The lowest BCUT2D eigenvalue weighted by molar-refractivity contribution is 0.122. The quantitative estimate of drug-likeness (QED) is 0.0269. The Kier molecular flexibility index (Phi) is 32.4. The summed E-state index contributed by atoms with van der Waals surface area (Å²) in [6.07, 6.45) is 17.5. The number of para-hydroxylation sites is 1. The molecule has 137 heavy (non-hydrogen) atoms. The Morgan fingerprint density at radius 2 is 0.672 bits per heavy atom. The maximum atomic E-state index is 9.35. The molecule has 0 atom stereocenters. The zero-order chi connectivity index (χ0) is 94.1. The summed E-state index contributed by atoms with van der Waals surface area (Å²) >= 11 is 0. The van der Waals surface area contributed by atoms with Gasteiger partial charge in [0.25, 0.3) is 0 Å². The summed E-state index contributed by atoms with van der Waals surface area (Å²) in [5, 5.41) is 26.0. The molecule has 698 valence electrons. The van der Waals surface area contributed by atoms with Crippen LogP contribution in [0, 0.1) is 11.3 Å². The van der Waals surface area contributed by atoms with E-state index >= 15 is 0 Å². The Labute approximate surface area is 791 Å². The van der Waals surface area contributed by atoms with Crippen molar-refractivity contribution >= 4 is 99.3 Å². The fourth-order valence-corrected chi connectivity index (χ4v) is 14.3. The van der Waals surface area contributed by atoms with Crippen LogP contribution in [0.25, 0.3) is 56.3 Å². The minimum absolute atomic E-state index is 0.451. The van der Waals surface area contributed by atoms with Gasteiger partial charge in [0.05, 0.1) is 125 Å². The number of nitrogens with zero attached hydrogens (tertiary/aromatic N) is 24. The van der Waals surface area contributed by atoms with Crippen molar-refractivity contribution in [3.63, 3.8) is 0 Å². The molecule has 0 aliphatic carbocycles. The van der Waals surface area contributed by atoms with Gasteiger partial charge in [0.15, 0.2) is 0 Å². The number of nitrogens with one attached hydrogen (secondary N) is 5. The van der Waals surface area contributed by atoms with Gasteiger partial charge in [-0.05, 0) is 139 Å². The highest BCUT2D eigenvalue weighted by Gasteiger charge is 2.24. The van der Waals surface area contributed by atoms with E-state index in [1.165, 1.54) is 0 Å². The van der Waals surface area contributed by atoms with E-state index in [1.807, 2.05) is 152 Å². The standard InChI is InChI=1S/C20H19N7O.C20H22N6O2.3C19H21N7O/c21-12-14-3-1-2-4-16(14)24-19-11-17(15-5-6-18(22)23-13-15)25-20(26-19)27-7-9-28-10-8-27;1-27-16-5-3-15(4-6-16)23-19-12-17(14-2-7-18(21)22-13-14)24-20(25-19)26-8-10-28-11-9-26;20-17-2-1-15(13-22-17)16-11-18(23-12-14-3-5-21-6-4-14)25-19(24-16)26-7-9-27-10-8-26;20-17-4-3-15(13-22-17)16-10-18(23-12-14-2-1-5-21-11-14)25-19(24-16)26-6-8-27-9-7-26;20-17-5-4-14(12-22-17)16-11-18(23-13-15-3-1-2-6-21-15)25-19(24-16)26-7-9-27-10-8-26/h1-6,11,13H,7-10H2,(H2,22,23)(H,24,25,26);2-7,12-13H,8-11H2,1H3,(H2,21,22)(H,23,24,25);1-6,11,13H,7-10,12H2,(H2,20,22)(H,23,24,25);1-5,10-11,13H,6-9,12H2,(H2,20,22)(H,23,24,25);1-6,11-12H,7-10,13H2,(H2,20,22)(H,23,24,25). The average Bonchev–Trinajstić information content (AvgIpc) is 0.811. The number of rotatable bonds is 24. The van der Waals surface area contributed by atoms with Crippen LogP contribution in [-0.2, 0) is 43.3 Å². The highest BCUT2D eigenvalue weighted by atomic mass is 16.5. The summed E-state index contributed by atoms with van der Waals surface area (Å²) in [6, 6.07) is 58.8. The summed E-state index contributed by atoms with van der Waals surface area (Å²) in [6.45, 7) is 16.1. The van der Waals surface area contributed by atoms with Crippen LogP contribution in [0.3, 0.4) is 0 Å². The largest absolute Gasteiger partial charge is 0.497 e. The topological polar surface area (TPSA) is 518 Å². The molecule has 18 heterocycles. The number of ether oxygens (including phenoxy) is 6. The molecule has 5 aliphatic rings. The molecular formula is C97H104N34O6. The fraction of sp³-hybridized carbons (Fsp3) is 0.247. The summed E-state index contributed by atoms with van der Waals surface area (Å²) in [7, 11) is 1.65. The third-order valence-electron chi connectivity index (χ3n) is 21.7. The highest BCUT2D eigenvalue weighted by molar-refractivity contribution is 5.73. The zero-order valence-electron chi connectivity index (χ0n) is 75.4. The molecule has 0 amide bonds. The number of morpholine rings is 5. The van der Waals surface area contributed by atoms with Gasteiger partial charge in [0.1, 0.15) is 70.0 Å². The van der Waals surface area contributed by atoms with Crippen LogP contribution < -0.4 is 84.5 Å². The first-order chi connectivity index (χ1) is 67.3. The number of nitrogens with two attached hydrogens (primary N) is 5. The van der Waals surface area contributed by atoms with Crippen molar-refractivity contribution in [3.8, 4) is 68.1 Å². The van der Waals surface area contributed by atoms with Crippen LogP contribution in [-0.4, -0.2) is 228 Å². The van der Waals surface area contributed by atoms with Gasteiger partial charge in [-0.15, -0.1) is 0 Å². The summed E-state index contributed by atoms with van der Waals surface area (Å²) < 4.78 is 32.4. The van der Waals surface area contributed by atoms with E-state index in [2.05, 4.69) is 102 Å². The Bertz CT molecular complexity index is 6010. The van der Waals surface area contributed by atoms with Gasteiger partial charge in [-0.1, -0.05) is 24.3 Å². The number of anilines is 17. The third kappa shape index (κ3) is 27.2. The molecule has 2 aromatic carbocycles. The van der Waals surface area contributed by atoms with E-state index in [4.69, 9.17) is 102 Å². The van der Waals surface area contributed by atoms with Crippen LogP contribution in [0.5, 0.6) is 5.75 Å². The number of nitriles is 1. The first-order valence-corrected chi connectivity index (χ1v) is 44.5. The van der Waals surface area contributed by atoms with Crippen molar-refractivity contribution < 1.29 is 28.4 Å². The molecule has 5 fully saturated rings. The number of hydrogen-bond donors (Lipinski definition) is 10. The van der Waals surface area contributed by atoms with Crippen LogP contribution in [0.15, 0.2) is 244 Å². The van der Waals surface area contributed by atoms with Gasteiger partial charge < -0.3 is 108 Å². The second-order valence-electron chi connectivity index (χ2n) is 31.3. The number of hydrogen-bond acceptors (Lipinski definition) is 40. The van der Waals surface area contributed by atoms with Crippen LogP contribution >= 0.6 is 0 Å². The van der Waals surface area contributed by atoms with E-state index in [0.29, 0.717) is 167 Å². The minimum atomic E-state index is 0.451. The molecule has 15 aromatic rings. The first-order valence-electron chi connectivity index (χ1n) is 44.5. The van der Waals surface area contributed by atoms with Crippen LogP contribution in [0.4, 0.5) is 99.3 Å². The second kappa shape index (κ2) is 47.5. The van der Waals surface area contributed by atoms with Gasteiger partial charge in [-0.3, -0.25) is 15.0 Å². The molecule has 5 aliphatic heterocycles. The number of benzene rings is 2. The Morgan fingerprint density at radius 1 is 0.321 bits per heavy atom. The molecule has 0 unspecified atom stereocenters. The molecule has 20 rings (SSSR count). The van der Waals surface area contributed by atoms with Gasteiger partial charge in [-0.2, -0.15) is 30.2 Å². The predicted octanol–water partition coefficient (Wildman–Crippen LogP) is 11.2. The number of pyridine rings is 8. The molecule has 0 radical (unpaired) electrons. The smallest absolute Gasteiger partial charge is 0.228 e. The lowest BCUT2D eigenvalue weighted by Crippen LogP contribution is -2.37. The molecule has 0 saturated carbocycles. The van der Waals surface area contributed by atoms with E-state index in [9.17, 15) is 5.26 Å². The minimum Gasteiger partial charge on any atom is -0.497 e. The van der Waals surface area contributed by atoms with Gasteiger partial charge >= 0.3 is 0 Å². The average molecular weight is 1840 g/mol. The van der Waals surface area contributed by atoms with E-state index in [0.717, 1.165) is 167 Å². The van der Waals surface area contributed by atoms with E-state index in [1.54, 1.807) is 99.3 Å². The molecule has 0 spiro atoms. The molecule has 15 N–H and O–H groups in total. The lowest BCUT2D eigenvalue weighted by atomic mass is 10.2. The molecule has 0 bridgehead atoms. The maximum Gasteiger partial charge on any atom is 0.228 e. The van der Waals surface area contributed by atoms with Crippen molar-refractivity contribution in [3.05, 3.63) is 266 Å². The SMILES string of the molecule is COc1ccc(Nc2cc(-c3ccc(N)nc3)nc(N3CCOCC3)n2)cc1.N#Cc1ccccc1Nc1cc(-c2ccc(N)nc2)nc(N2CCOCC2)n1.Nc1ccc(-c2cc(NCc3ccccn3)nc(N3CCOCC3)n2)cn1.Nc1ccc(-c2cc(NCc3cccnc3)nc(N3CCOCC3)n2)cn1.Nc1ccc(-c2cc(NCc3ccncc3)nc(N3CCOCC3)n2)cn1. The van der Waals surface area contributed by atoms with Crippen molar-refractivity contribution in [1.82, 2.24) is 89.7 Å². The van der Waals surface area contributed by atoms with Crippen LogP contribution in [0.1, 0.15) is 22.4 Å². The maximum absolute atomic E-state index is 9.35. The zero-order valence-corrected chi connectivity index (χ0v) is 75.4. The summed E-state index contributed by atoms with van der Waals surface area (Å²) in [4.78, 5) is 91.1. The Balaban J connectivity index is 0.000000124. The van der Waals surface area contributed by atoms with Crippen molar-refractivity contribution in [1.29, 1.82) is 5.26 Å². The van der Waals surface area contributed by atoms with Crippen molar-refractivity contribution in [2.75, 3.05) is 218 Å². The molecular weight excluding hydrogens is 1740 g/mol. The lowest BCUT2D eigenvalue weighted by Gasteiger charge is -2.27. The monoisotopic (exact) mass is 1840 g/mol. The predicted molar refractivity (Wildman–Crippen MR) is 529 cm³/mol. The fourth-order valence-electron chi connectivity index (χ4n) is 14.3. The normalized spacial score (nSPS) is 14.0. The van der Waals surface area contributed by atoms with Crippen molar-refractivity contribution in [2.45, 2.75) is 19.6 Å². The summed E-state index contributed by atoms with van der Waals surface area (Å²) in [5.74, 6) is 10.0. The van der Waals surface area contributed by atoms with Crippen molar-refractivity contribution in [2.24, 2.45) is 0 Å². The second-order valence-corrected chi connectivity index (χ2v) is 31.3. The molecule has 40 heteroatoms. The number of aromatic nitrogens is 18. The molecule has 13 aromatic heterocycles. The Hall–Kier alpha value is -16.9. The first kappa shape index (κ1) is 93.4. The van der Waals surface area contributed by atoms with Crippen LogP contribution in [0.2, 0.25) is 0 Å². The van der Waals surface area contributed by atoms with E-state index in [-0.39, 0.29) is 0 Å². The number of nitrogen functional groups attached to an aromatic ring is 5. The van der Waals surface area contributed by atoms with Gasteiger partial charge in [0.2, 0.25) is 29.7 Å². The molecule has 5 saturated heterocycles. The number of methoxy groups -OCH3 is 1. The highest BCUT2D eigenvalue weighted by Crippen LogP contribution is 2.33. The van der Waals surface area contributed by atoms with E-state index < -0.39 is 0 Å². The van der Waals surface area contributed by atoms with Gasteiger partial charge in [-0.25, -0.2) is 49.8 Å². The van der Waals surface area contributed by atoms with Gasteiger partial charge in [0, 0.05) is 204 Å². The summed E-state index contributed by atoms with van der Waals surface area (Å²) in [5.41, 5.74) is 42.2. The Morgan fingerprint density at radius 3 is 1.01 bits per heavy atom. The molecule has 40 nitrogen and oxygen atoms in total. The third-order valence-corrected chi connectivity index (χ3v) is 21.7.